The number of rotatable bonds is 3. The van der Waals surface area contributed by atoms with Crippen molar-refractivity contribution in [2.24, 2.45) is 0 Å². The van der Waals surface area contributed by atoms with Crippen molar-refractivity contribution in [1.82, 2.24) is 19.5 Å². The molecule has 0 radical (unpaired) electrons. The predicted octanol–water partition coefficient (Wildman–Crippen LogP) is 2.33. The molecule has 0 aliphatic rings. The fourth-order valence-corrected chi connectivity index (χ4v) is 2.48. The molecule has 0 bridgehead atoms. The summed E-state index contributed by atoms with van der Waals surface area (Å²) in [6, 6.07) is 4.94. The molecule has 0 aliphatic heterocycles. The van der Waals surface area contributed by atoms with Crippen molar-refractivity contribution >= 4 is 34.4 Å². The third-order valence-electron chi connectivity index (χ3n) is 3.25. The van der Waals surface area contributed by atoms with Gasteiger partial charge in [-0.25, -0.2) is 4.98 Å². The highest BCUT2D eigenvalue weighted by Gasteiger charge is 2.13. The fourth-order valence-electron chi connectivity index (χ4n) is 2.26. The lowest BCUT2D eigenvalue weighted by Crippen LogP contribution is -2.03. The monoisotopic (exact) mass is 318 g/mol. The number of fused-ring (bicyclic) bond motifs is 1. The average molecular weight is 319 g/mol. The minimum absolute atomic E-state index is 0.0686. The van der Waals surface area contributed by atoms with Crippen molar-refractivity contribution in [2.75, 3.05) is 5.73 Å². The number of hydrogen-bond donors (Lipinski definition) is 1. The molecular formula is C13H11ClN6O2. The number of nitrogen functional groups attached to an aromatic ring is 1. The predicted molar refractivity (Wildman–Crippen MR) is 81.7 cm³/mol. The Kier molecular flexibility index (Phi) is 3.38. The van der Waals surface area contributed by atoms with Gasteiger partial charge in [0.25, 0.3) is 5.69 Å². The van der Waals surface area contributed by atoms with E-state index in [4.69, 9.17) is 17.3 Å². The molecule has 0 aliphatic carbocycles. The van der Waals surface area contributed by atoms with Crippen LogP contribution in [0.1, 0.15) is 11.1 Å². The number of anilines is 1. The molecule has 2 N–H and O–H groups in total. The maximum Gasteiger partial charge on any atom is 0.272 e. The molecule has 0 atom stereocenters. The highest BCUT2D eigenvalue weighted by Crippen LogP contribution is 2.22. The van der Waals surface area contributed by atoms with Gasteiger partial charge in [0.1, 0.15) is 5.52 Å². The van der Waals surface area contributed by atoms with Crippen LogP contribution in [0.5, 0.6) is 0 Å². The molecule has 2 heterocycles. The van der Waals surface area contributed by atoms with Crippen LogP contribution in [0.3, 0.4) is 0 Å². The van der Waals surface area contributed by atoms with Crippen LogP contribution in [0.4, 0.5) is 11.6 Å². The van der Waals surface area contributed by atoms with Crippen molar-refractivity contribution in [2.45, 2.75) is 13.5 Å². The molecule has 0 spiro atoms. The molecule has 0 unspecified atom stereocenters. The number of nitro benzene ring substituents is 1. The summed E-state index contributed by atoms with van der Waals surface area (Å²) in [5, 5.41) is 11.0. The Hall–Kier alpha value is -2.74. The molecule has 0 amide bonds. The van der Waals surface area contributed by atoms with Crippen LogP contribution >= 0.6 is 11.6 Å². The Morgan fingerprint density at radius 2 is 2.18 bits per heavy atom. The number of aryl methyl sites for hydroxylation is 1. The van der Waals surface area contributed by atoms with Gasteiger partial charge in [0, 0.05) is 11.6 Å². The zero-order valence-electron chi connectivity index (χ0n) is 11.5. The van der Waals surface area contributed by atoms with E-state index in [2.05, 4.69) is 15.0 Å². The average Bonchev–Trinajstić information content (AvgIpc) is 2.82. The van der Waals surface area contributed by atoms with E-state index in [9.17, 15) is 10.1 Å². The van der Waals surface area contributed by atoms with Gasteiger partial charge in [-0.2, -0.15) is 9.97 Å². The second kappa shape index (κ2) is 5.23. The number of nitro groups is 1. The lowest BCUT2D eigenvalue weighted by Gasteiger charge is -2.06. The lowest BCUT2D eigenvalue weighted by atomic mass is 10.1. The van der Waals surface area contributed by atoms with Gasteiger partial charge in [0.15, 0.2) is 10.8 Å². The van der Waals surface area contributed by atoms with Crippen LogP contribution in [0.15, 0.2) is 24.5 Å². The van der Waals surface area contributed by atoms with Gasteiger partial charge in [-0.05, 0) is 18.6 Å². The molecule has 0 saturated carbocycles. The molecule has 112 valence electrons. The Morgan fingerprint density at radius 1 is 1.41 bits per heavy atom. The van der Waals surface area contributed by atoms with Crippen molar-refractivity contribution in [3.8, 4) is 0 Å². The third-order valence-corrected chi connectivity index (χ3v) is 3.51. The third kappa shape index (κ3) is 2.44. The summed E-state index contributed by atoms with van der Waals surface area (Å²) in [5.74, 6) is 0.0686. The minimum atomic E-state index is -0.403. The number of aromatic nitrogens is 4. The summed E-state index contributed by atoms with van der Waals surface area (Å²) in [7, 11) is 0. The molecule has 1 aromatic carbocycles. The van der Waals surface area contributed by atoms with Gasteiger partial charge in [-0.1, -0.05) is 17.7 Å². The van der Waals surface area contributed by atoms with Crippen molar-refractivity contribution in [1.29, 1.82) is 0 Å². The van der Waals surface area contributed by atoms with E-state index in [1.807, 2.05) is 0 Å². The zero-order valence-corrected chi connectivity index (χ0v) is 12.3. The van der Waals surface area contributed by atoms with Crippen LogP contribution in [-0.4, -0.2) is 24.4 Å². The maximum atomic E-state index is 10.8. The van der Waals surface area contributed by atoms with Crippen molar-refractivity contribution in [3.05, 3.63) is 50.9 Å². The minimum Gasteiger partial charge on any atom is -0.368 e. The molecule has 9 heteroatoms. The van der Waals surface area contributed by atoms with Gasteiger partial charge < -0.3 is 10.3 Å². The van der Waals surface area contributed by atoms with Gasteiger partial charge >= 0.3 is 0 Å². The number of hydrogen-bond acceptors (Lipinski definition) is 6. The fraction of sp³-hybridized carbons (Fsp3) is 0.154. The first-order valence-electron chi connectivity index (χ1n) is 6.33. The summed E-state index contributed by atoms with van der Waals surface area (Å²) in [4.78, 5) is 22.6. The Bertz CT molecular complexity index is 892. The van der Waals surface area contributed by atoms with Gasteiger partial charge in [0.05, 0.1) is 17.8 Å². The topological polar surface area (TPSA) is 113 Å². The SMILES string of the molecule is Cc1cc(Cn2cnc3c(Cl)nc(N)nc32)ccc1[N+](=O)[O-]. The second-order valence-electron chi connectivity index (χ2n) is 4.80. The second-order valence-corrected chi connectivity index (χ2v) is 5.15. The van der Waals surface area contributed by atoms with Gasteiger partial charge in [-0.3, -0.25) is 10.1 Å². The highest BCUT2D eigenvalue weighted by molar-refractivity contribution is 6.33. The summed E-state index contributed by atoms with van der Waals surface area (Å²) < 4.78 is 1.76. The summed E-state index contributed by atoms with van der Waals surface area (Å²) >= 11 is 5.98. The summed E-state index contributed by atoms with van der Waals surface area (Å²) in [5.41, 5.74) is 8.16. The van der Waals surface area contributed by atoms with E-state index >= 15 is 0 Å². The molecule has 3 rings (SSSR count). The van der Waals surface area contributed by atoms with E-state index in [-0.39, 0.29) is 16.8 Å². The van der Waals surface area contributed by atoms with E-state index in [1.54, 1.807) is 30.0 Å². The smallest absolute Gasteiger partial charge is 0.272 e. The highest BCUT2D eigenvalue weighted by atomic mass is 35.5. The van der Waals surface area contributed by atoms with Crippen LogP contribution in [0.2, 0.25) is 5.15 Å². The Morgan fingerprint density at radius 3 is 2.86 bits per heavy atom. The van der Waals surface area contributed by atoms with Crippen LogP contribution in [0, 0.1) is 17.0 Å². The number of nitrogens with zero attached hydrogens (tertiary/aromatic N) is 5. The van der Waals surface area contributed by atoms with E-state index in [1.165, 1.54) is 6.07 Å². The standard InChI is InChI=1S/C13H11ClN6O2/c1-7-4-8(2-3-9(7)20(21)22)5-19-6-16-10-11(14)17-13(15)18-12(10)19/h2-4,6H,5H2,1H3,(H2,15,17,18). The quantitative estimate of drug-likeness (QED) is 0.450. The summed E-state index contributed by atoms with van der Waals surface area (Å²) in [6.07, 6.45) is 1.58. The molecular weight excluding hydrogens is 308 g/mol. The van der Waals surface area contributed by atoms with Crippen LogP contribution < -0.4 is 5.73 Å². The maximum absolute atomic E-state index is 10.8. The normalized spacial score (nSPS) is 11.0. The van der Waals surface area contributed by atoms with E-state index in [0.29, 0.717) is 23.3 Å². The Balaban J connectivity index is 2.00. The largest absolute Gasteiger partial charge is 0.368 e. The first-order chi connectivity index (χ1) is 10.5. The molecule has 8 nitrogen and oxygen atoms in total. The molecule has 3 aromatic rings. The first kappa shape index (κ1) is 14.2. The molecule has 0 saturated heterocycles. The van der Waals surface area contributed by atoms with E-state index < -0.39 is 4.92 Å². The molecule has 0 fully saturated rings. The molecule has 2 aromatic heterocycles. The van der Waals surface area contributed by atoms with Crippen molar-refractivity contribution < 1.29 is 4.92 Å². The number of imidazole rings is 1. The Labute approximate surface area is 129 Å². The van der Waals surface area contributed by atoms with Crippen molar-refractivity contribution in [3.63, 3.8) is 0 Å². The van der Waals surface area contributed by atoms with Gasteiger partial charge in [-0.15, -0.1) is 0 Å². The number of nitrogens with two attached hydrogens (primary N) is 1. The zero-order chi connectivity index (χ0) is 15.9. The summed E-state index contributed by atoms with van der Waals surface area (Å²) in [6.45, 7) is 2.15. The van der Waals surface area contributed by atoms with E-state index in [0.717, 1.165) is 5.56 Å². The van der Waals surface area contributed by atoms with Gasteiger partial charge in [0.2, 0.25) is 5.95 Å². The molecule has 22 heavy (non-hydrogen) atoms. The number of halogens is 1. The lowest BCUT2D eigenvalue weighted by molar-refractivity contribution is -0.385. The number of benzene rings is 1. The van der Waals surface area contributed by atoms with Crippen LogP contribution in [0.25, 0.3) is 11.2 Å². The first-order valence-corrected chi connectivity index (χ1v) is 6.71. The van der Waals surface area contributed by atoms with Crippen LogP contribution in [-0.2, 0) is 6.54 Å².